The molecule has 0 unspecified atom stereocenters. The molecule has 0 saturated carbocycles. The first-order chi connectivity index (χ1) is 3.93. The third-order valence-electron chi connectivity index (χ3n) is 0.760. The Morgan fingerprint density at radius 1 is 1.88 bits per heavy atom. The molecule has 8 heavy (non-hydrogen) atoms. The third kappa shape index (κ3) is 1.26. The van der Waals surface area contributed by atoms with Crippen molar-refractivity contribution in [2.24, 2.45) is 5.84 Å². The molecule has 0 fully saturated rings. The maximum Gasteiger partial charge on any atom is 0.0794 e. The molecule has 0 spiro atoms. The van der Waals surface area contributed by atoms with Crippen molar-refractivity contribution >= 4 is 11.3 Å². The fourth-order valence-electron chi connectivity index (χ4n) is 0.430. The number of nitrogens with one attached hydrogen (secondary N) is 1. The molecule has 0 aliphatic rings. The summed E-state index contributed by atoms with van der Waals surface area (Å²) in [5, 5.41) is 0. The molecular formula is C4H7N3S. The number of thiazole rings is 1. The Hall–Kier alpha value is -0.450. The molecule has 0 atom stereocenters. The molecule has 0 bridgehead atoms. The van der Waals surface area contributed by atoms with E-state index in [9.17, 15) is 0 Å². The van der Waals surface area contributed by atoms with Crippen molar-refractivity contribution in [2.75, 3.05) is 0 Å². The summed E-state index contributed by atoms with van der Waals surface area (Å²) in [7, 11) is 0. The highest BCUT2D eigenvalue weighted by Gasteiger charge is 1.87. The van der Waals surface area contributed by atoms with E-state index in [0.717, 1.165) is 4.88 Å². The van der Waals surface area contributed by atoms with Gasteiger partial charge in [-0.1, -0.05) is 0 Å². The van der Waals surface area contributed by atoms with E-state index < -0.39 is 0 Å². The highest BCUT2D eigenvalue weighted by Crippen LogP contribution is 2.02. The minimum absolute atomic E-state index is 0.713. The number of nitrogens with zero attached hydrogens (tertiary/aromatic N) is 1. The quantitative estimate of drug-likeness (QED) is 0.440. The van der Waals surface area contributed by atoms with Crippen molar-refractivity contribution < 1.29 is 0 Å². The van der Waals surface area contributed by atoms with Crippen LogP contribution in [0.15, 0.2) is 11.7 Å². The largest absolute Gasteiger partial charge is 0.271 e. The molecule has 1 heterocycles. The lowest BCUT2D eigenvalue weighted by Gasteiger charge is -1.88. The number of rotatable bonds is 2. The van der Waals surface area contributed by atoms with E-state index in [1.165, 1.54) is 0 Å². The molecule has 1 aromatic rings. The first-order valence-corrected chi connectivity index (χ1v) is 3.12. The molecule has 0 saturated heterocycles. The van der Waals surface area contributed by atoms with Gasteiger partial charge >= 0.3 is 0 Å². The molecular weight excluding hydrogens is 122 g/mol. The summed E-state index contributed by atoms with van der Waals surface area (Å²) < 4.78 is 0. The summed E-state index contributed by atoms with van der Waals surface area (Å²) in [4.78, 5) is 5.02. The van der Waals surface area contributed by atoms with Gasteiger partial charge in [-0.3, -0.25) is 16.3 Å². The molecule has 0 amide bonds. The van der Waals surface area contributed by atoms with Gasteiger partial charge in [0.1, 0.15) is 0 Å². The molecule has 3 nitrogen and oxygen atoms in total. The fraction of sp³-hybridized carbons (Fsp3) is 0.250. The lowest BCUT2D eigenvalue weighted by Crippen LogP contribution is -2.19. The van der Waals surface area contributed by atoms with Crippen LogP contribution in [0.25, 0.3) is 0 Å². The number of aromatic nitrogens is 1. The van der Waals surface area contributed by atoms with Crippen molar-refractivity contribution in [3.63, 3.8) is 0 Å². The van der Waals surface area contributed by atoms with E-state index in [4.69, 9.17) is 5.84 Å². The summed E-state index contributed by atoms with van der Waals surface area (Å²) in [5.41, 5.74) is 4.32. The average molecular weight is 129 g/mol. The van der Waals surface area contributed by atoms with Crippen molar-refractivity contribution in [1.82, 2.24) is 10.4 Å². The van der Waals surface area contributed by atoms with Gasteiger partial charge in [0.2, 0.25) is 0 Å². The predicted molar refractivity (Wildman–Crippen MR) is 33.1 cm³/mol. The van der Waals surface area contributed by atoms with Gasteiger partial charge < -0.3 is 0 Å². The van der Waals surface area contributed by atoms with Crippen LogP contribution in [-0.2, 0) is 6.54 Å². The Bertz CT molecular complexity index is 137. The number of hydrogen-bond donors (Lipinski definition) is 2. The normalized spacial score (nSPS) is 9.62. The van der Waals surface area contributed by atoms with Crippen LogP contribution in [0.2, 0.25) is 0 Å². The van der Waals surface area contributed by atoms with Crippen LogP contribution in [0, 0.1) is 0 Å². The van der Waals surface area contributed by atoms with E-state index in [1.54, 1.807) is 23.0 Å². The van der Waals surface area contributed by atoms with Crippen LogP contribution in [-0.4, -0.2) is 4.98 Å². The molecule has 0 aliphatic heterocycles. The Kier molecular flexibility index (Phi) is 1.96. The number of hydrogen-bond acceptors (Lipinski definition) is 4. The van der Waals surface area contributed by atoms with Gasteiger partial charge in [-0.05, 0) is 0 Å². The van der Waals surface area contributed by atoms with Crippen molar-refractivity contribution in [2.45, 2.75) is 6.54 Å². The van der Waals surface area contributed by atoms with Crippen molar-refractivity contribution in [1.29, 1.82) is 0 Å². The third-order valence-corrected chi connectivity index (χ3v) is 1.54. The number of hydrazine groups is 1. The van der Waals surface area contributed by atoms with Gasteiger partial charge in [0, 0.05) is 17.6 Å². The van der Waals surface area contributed by atoms with Crippen LogP contribution < -0.4 is 11.3 Å². The zero-order chi connectivity index (χ0) is 5.82. The minimum atomic E-state index is 0.713. The van der Waals surface area contributed by atoms with Gasteiger partial charge in [-0.25, -0.2) is 0 Å². The van der Waals surface area contributed by atoms with Crippen LogP contribution in [0.3, 0.4) is 0 Å². The van der Waals surface area contributed by atoms with E-state index in [1.807, 2.05) is 0 Å². The summed E-state index contributed by atoms with van der Waals surface area (Å²) in [5.74, 6) is 5.05. The highest BCUT2D eigenvalue weighted by molar-refractivity contribution is 7.09. The van der Waals surface area contributed by atoms with E-state index in [-0.39, 0.29) is 0 Å². The standard InChI is InChI=1S/C4H7N3S/c5-7-2-4-1-6-3-8-4/h1,3,7H,2,5H2. The van der Waals surface area contributed by atoms with Gasteiger partial charge in [0.15, 0.2) is 0 Å². The second kappa shape index (κ2) is 2.76. The Labute approximate surface area is 51.5 Å². The summed E-state index contributed by atoms with van der Waals surface area (Å²) in [6, 6.07) is 0. The average Bonchev–Trinajstić information content (AvgIpc) is 2.19. The smallest absolute Gasteiger partial charge is 0.0794 e. The van der Waals surface area contributed by atoms with Crippen molar-refractivity contribution in [3.05, 3.63) is 16.6 Å². The molecule has 4 heteroatoms. The zero-order valence-corrected chi connectivity index (χ0v) is 5.11. The van der Waals surface area contributed by atoms with Gasteiger partial charge in [-0.2, -0.15) is 0 Å². The van der Waals surface area contributed by atoms with Gasteiger partial charge in [0.25, 0.3) is 0 Å². The topological polar surface area (TPSA) is 50.9 Å². The summed E-state index contributed by atoms with van der Waals surface area (Å²) in [6.07, 6.45) is 1.80. The molecule has 44 valence electrons. The molecule has 1 aromatic heterocycles. The molecule has 0 radical (unpaired) electrons. The van der Waals surface area contributed by atoms with Gasteiger partial charge in [-0.15, -0.1) is 11.3 Å². The van der Waals surface area contributed by atoms with E-state index in [2.05, 4.69) is 10.4 Å². The minimum Gasteiger partial charge on any atom is -0.271 e. The SMILES string of the molecule is NNCc1cncs1. The predicted octanol–water partition coefficient (Wildman–Crippen LogP) is 0.106. The summed E-state index contributed by atoms with van der Waals surface area (Å²) in [6.45, 7) is 0.713. The monoisotopic (exact) mass is 129 g/mol. The Morgan fingerprint density at radius 3 is 3.25 bits per heavy atom. The van der Waals surface area contributed by atoms with Crippen LogP contribution in [0.5, 0.6) is 0 Å². The molecule has 3 N–H and O–H groups in total. The van der Waals surface area contributed by atoms with E-state index >= 15 is 0 Å². The molecule has 0 aliphatic carbocycles. The first kappa shape index (κ1) is 5.68. The second-order valence-corrected chi connectivity index (χ2v) is 2.32. The Balaban J connectivity index is 2.50. The highest BCUT2D eigenvalue weighted by atomic mass is 32.1. The lowest BCUT2D eigenvalue weighted by molar-refractivity contribution is 0.750. The fourth-order valence-corrected chi connectivity index (χ4v) is 0.976. The zero-order valence-electron chi connectivity index (χ0n) is 4.29. The first-order valence-electron chi connectivity index (χ1n) is 2.24. The van der Waals surface area contributed by atoms with E-state index in [0.29, 0.717) is 6.54 Å². The molecule has 0 aromatic carbocycles. The summed E-state index contributed by atoms with van der Waals surface area (Å²) >= 11 is 1.59. The van der Waals surface area contributed by atoms with Crippen LogP contribution >= 0.6 is 11.3 Å². The maximum atomic E-state index is 5.05. The second-order valence-electron chi connectivity index (χ2n) is 1.35. The maximum absolute atomic E-state index is 5.05. The van der Waals surface area contributed by atoms with Crippen molar-refractivity contribution in [3.8, 4) is 0 Å². The van der Waals surface area contributed by atoms with Gasteiger partial charge in [0.05, 0.1) is 5.51 Å². The lowest BCUT2D eigenvalue weighted by atomic mass is 10.6. The Morgan fingerprint density at radius 2 is 2.75 bits per heavy atom. The van der Waals surface area contributed by atoms with Crippen LogP contribution in [0.4, 0.5) is 0 Å². The molecule has 1 rings (SSSR count). The van der Waals surface area contributed by atoms with Crippen LogP contribution in [0.1, 0.15) is 4.88 Å². The number of nitrogens with two attached hydrogens (primary N) is 1.